The standard InChI is InChI=1S/C27H25N5O/c33-27(28-16-5-11-26-30-24-9-3-4-10-25(24)31-26)23-8-2-1-7-22(23)21-14-12-20(13-15-21)19-32-18-6-17-29-32/h1-4,6-10,12-15,17-18H,5,11,16,19H2,(H,28,33)(H,30,31). The van der Waals surface area contributed by atoms with Crippen molar-refractivity contribution in [1.29, 1.82) is 0 Å². The largest absolute Gasteiger partial charge is 0.352 e. The number of hydrogen-bond acceptors (Lipinski definition) is 3. The second-order valence-corrected chi connectivity index (χ2v) is 8.01. The number of imidazole rings is 1. The molecule has 0 fully saturated rings. The Balaban J connectivity index is 1.21. The molecule has 164 valence electrons. The molecule has 3 aromatic carbocycles. The van der Waals surface area contributed by atoms with Crippen molar-refractivity contribution in [2.45, 2.75) is 19.4 Å². The third kappa shape index (κ3) is 4.85. The predicted molar refractivity (Wildman–Crippen MR) is 130 cm³/mol. The number of fused-ring (bicyclic) bond motifs is 1. The predicted octanol–water partition coefficient (Wildman–Crippen LogP) is 4.84. The molecule has 0 saturated carbocycles. The Bertz CT molecular complexity index is 1320. The SMILES string of the molecule is O=C(NCCCc1nc2ccccc2[nH]1)c1ccccc1-c1ccc(Cn2cccn2)cc1. The van der Waals surface area contributed by atoms with Crippen LogP contribution >= 0.6 is 0 Å². The number of para-hydroxylation sites is 2. The van der Waals surface area contributed by atoms with Gasteiger partial charge in [0.1, 0.15) is 5.82 Å². The summed E-state index contributed by atoms with van der Waals surface area (Å²) in [6, 6.07) is 25.9. The molecular weight excluding hydrogens is 410 g/mol. The average molecular weight is 436 g/mol. The van der Waals surface area contributed by atoms with Gasteiger partial charge in [0.15, 0.2) is 0 Å². The van der Waals surface area contributed by atoms with E-state index >= 15 is 0 Å². The minimum absolute atomic E-state index is 0.0594. The first kappa shape index (κ1) is 20.7. The molecule has 2 heterocycles. The molecular formula is C27H25N5O. The van der Waals surface area contributed by atoms with Gasteiger partial charge in [0.05, 0.1) is 17.6 Å². The van der Waals surface area contributed by atoms with E-state index in [2.05, 4.69) is 44.6 Å². The third-order valence-corrected chi connectivity index (χ3v) is 5.65. The van der Waals surface area contributed by atoms with Gasteiger partial charge in [-0.1, -0.05) is 54.6 Å². The Morgan fingerprint density at radius 2 is 1.76 bits per heavy atom. The average Bonchev–Trinajstić information content (AvgIpc) is 3.52. The number of H-pyrrole nitrogens is 1. The fraction of sp³-hybridized carbons (Fsp3) is 0.148. The number of aryl methyl sites for hydroxylation is 1. The molecule has 0 radical (unpaired) electrons. The highest BCUT2D eigenvalue weighted by atomic mass is 16.1. The van der Waals surface area contributed by atoms with Crippen molar-refractivity contribution in [1.82, 2.24) is 25.1 Å². The molecule has 1 amide bonds. The van der Waals surface area contributed by atoms with Crippen LogP contribution in [0.5, 0.6) is 0 Å². The van der Waals surface area contributed by atoms with Crippen LogP contribution in [0, 0.1) is 0 Å². The number of aromatic amines is 1. The van der Waals surface area contributed by atoms with Crippen LogP contribution in [0.1, 0.15) is 28.2 Å². The number of rotatable bonds is 8. The number of nitrogens with zero attached hydrogens (tertiary/aromatic N) is 3. The number of carbonyl (C=O) groups is 1. The Hall–Kier alpha value is -4.19. The number of nitrogens with one attached hydrogen (secondary N) is 2. The number of carbonyl (C=O) groups excluding carboxylic acids is 1. The fourth-order valence-electron chi connectivity index (χ4n) is 3.98. The van der Waals surface area contributed by atoms with Crippen LogP contribution in [0.2, 0.25) is 0 Å². The zero-order valence-corrected chi connectivity index (χ0v) is 18.2. The maximum absolute atomic E-state index is 12.9. The van der Waals surface area contributed by atoms with Gasteiger partial charge in [-0.2, -0.15) is 5.10 Å². The van der Waals surface area contributed by atoms with Crippen LogP contribution in [0.15, 0.2) is 91.3 Å². The molecule has 6 nitrogen and oxygen atoms in total. The molecule has 0 saturated heterocycles. The van der Waals surface area contributed by atoms with Crippen molar-refractivity contribution >= 4 is 16.9 Å². The molecule has 5 aromatic rings. The van der Waals surface area contributed by atoms with Crippen LogP contribution in [0.3, 0.4) is 0 Å². The molecule has 0 aliphatic rings. The van der Waals surface area contributed by atoms with E-state index in [9.17, 15) is 4.79 Å². The van der Waals surface area contributed by atoms with Gasteiger partial charge in [-0.15, -0.1) is 0 Å². The first-order valence-corrected chi connectivity index (χ1v) is 11.1. The second kappa shape index (κ2) is 9.53. The number of hydrogen-bond donors (Lipinski definition) is 2. The second-order valence-electron chi connectivity index (χ2n) is 8.01. The minimum Gasteiger partial charge on any atom is -0.352 e. The Morgan fingerprint density at radius 3 is 2.58 bits per heavy atom. The lowest BCUT2D eigenvalue weighted by Crippen LogP contribution is -2.25. The summed E-state index contributed by atoms with van der Waals surface area (Å²) in [5, 5.41) is 7.32. The smallest absolute Gasteiger partial charge is 0.251 e. The van der Waals surface area contributed by atoms with Crippen molar-refractivity contribution in [2.75, 3.05) is 6.54 Å². The fourth-order valence-corrected chi connectivity index (χ4v) is 3.98. The van der Waals surface area contributed by atoms with Gasteiger partial charge in [-0.25, -0.2) is 4.98 Å². The Labute approximate surface area is 192 Å². The van der Waals surface area contributed by atoms with E-state index in [0.29, 0.717) is 12.1 Å². The molecule has 0 unspecified atom stereocenters. The summed E-state index contributed by atoms with van der Waals surface area (Å²) in [5.74, 6) is 0.886. The van der Waals surface area contributed by atoms with Crippen molar-refractivity contribution in [3.05, 3.63) is 108 Å². The van der Waals surface area contributed by atoms with Crippen LogP contribution < -0.4 is 5.32 Å². The van der Waals surface area contributed by atoms with E-state index < -0.39 is 0 Å². The summed E-state index contributed by atoms with van der Waals surface area (Å²) in [4.78, 5) is 20.9. The molecule has 0 aliphatic heterocycles. The third-order valence-electron chi connectivity index (χ3n) is 5.65. The molecule has 0 bridgehead atoms. The summed E-state index contributed by atoms with van der Waals surface area (Å²) in [5.41, 5.74) is 5.81. The Morgan fingerprint density at radius 1 is 0.939 bits per heavy atom. The van der Waals surface area contributed by atoms with Gasteiger partial charge < -0.3 is 10.3 Å². The lowest BCUT2D eigenvalue weighted by molar-refractivity contribution is 0.0954. The number of benzene rings is 3. The monoisotopic (exact) mass is 435 g/mol. The van der Waals surface area contributed by atoms with Crippen molar-refractivity contribution in [3.8, 4) is 11.1 Å². The Kier molecular flexibility index (Phi) is 5.97. The molecule has 6 heteroatoms. The highest BCUT2D eigenvalue weighted by molar-refractivity contribution is 6.00. The van der Waals surface area contributed by atoms with Gasteiger partial charge in [-0.05, 0) is 47.4 Å². The molecule has 5 rings (SSSR count). The summed E-state index contributed by atoms with van der Waals surface area (Å²) < 4.78 is 1.89. The van der Waals surface area contributed by atoms with E-state index in [1.54, 1.807) is 6.20 Å². The zero-order valence-electron chi connectivity index (χ0n) is 18.2. The van der Waals surface area contributed by atoms with Crippen LogP contribution in [-0.4, -0.2) is 32.2 Å². The van der Waals surface area contributed by atoms with Gasteiger partial charge in [0.2, 0.25) is 0 Å². The molecule has 0 atom stereocenters. The lowest BCUT2D eigenvalue weighted by atomic mass is 9.98. The van der Waals surface area contributed by atoms with E-state index in [4.69, 9.17) is 0 Å². The highest BCUT2D eigenvalue weighted by Crippen LogP contribution is 2.24. The summed E-state index contributed by atoms with van der Waals surface area (Å²) in [6.07, 6.45) is 5.33. The molecule has 2 N–H and O–H groups in total. The molecule has 33 heavy (non-hydrogen) atoms. The van der Waals surface area contributed by atoms with Crippen LogP contribution in [0.4, 0.5) is 0 Å². The van der Waals surface area contributed by atoms with Crippen molar-refractivity contribution < 1.29 is 4.79 Å². The topological polar surface area (TPSA) is 75.6 Å². The molecule has 0 spiro atoms. The van der Waals surface area contributed by atoms with E-state index in [1.807, 2.05) is 65.5 Å². The normalized spacial score (nSPS) is 11.0. The molecule has 2 aromatic heterocycles. The van der Waals surface area contributed by atoms with Crippen molar-refractivity contribution in [3.63, 3.8) is 0 Å². The minimum atomic E-state index is -0.0594. The lowest BCUT2D eigenvalue weighted by Gasteiger charge is -2.11. The zero-order chi connectivity index (χ0) is 22.5. The quantitative estimate of drug-likeness (QED) is 0.343. The first-order valence-electron chi connectivity index (χ1n) is 11.1. The van der Waals surface area contributed by atoms with Gasteiger partial charge in [0.25, 0.3) is 5.91 Å². The van der Waals surface area contributed by atoms with E-state index in [-0.39, 0.29) is 5.91 Å². The number of amides is 1. The van der Waals surface area contributed by atoms with E-state index in [0.717, 1.165) is 52.9 Å². The maximum Gasteiger partial charge on any atom is 0.251 e. The van der Waals surface area contributed by atoms with Crippen LogP contribution in [0.25, 0.3) is 22.2 Å². The highest BCUT2D eigenvalue weighted by Gasteiger charge is 2.12. The van der Waals surface area contributed by atoms with E-state index in [1.165, 1.54) is 0 Å². The summed E-state index contributed by atoms with van der Waals surface area (Å²) in [6.45, 7) is 1.31. The maximum atomic E-state index is 12.9. The van der Waals surface area contributed by atoms with Crippen LogP contribution in [-0.2, 0) is 13.0 Å². The van der Waals surface area contributed by atoms with Gasteiger partial charge in [0, 0.05) is 30.9 Å². The summed E-state index contributed by atoms with van der Waals surface area (Å²) >= 11 is 0. The van der Waals surface area contributed by atoms with Crippen molar-refractivity contribution in [2.24, 2.45) is 0 Å². The summed E-state index contributed by atoms with van der Waals surface area (Å²) in [7, 11) is 0. The van der Waals surface area contributed by atoms with Gasteiger partial charge in [-0.3, -0.25) is 9.48 Å². The molecule has 0 aliphatic carbocycles. The number of aromatic nitrogens is 4. The van der Waals surface area contributed by atoms with Gasteiger partial charge >= 0.3 is 0 Å². The first-order chi connectivity index (χ1) is 16.3.